The van der Waals surface area contributed by atoms with E-state index in [1.807, 2.05) is 9.80 Å². The molecule has 0 bridgehead atoms. The molecule has 0 atom stereocenters. The number of aromatic amines is 2. The number of pyridine rings is 6. The summed E-state index contributed by atoms with van der Waals surface area (Å²) >= 11 is 22.6. The fourth-order valence-electron chi connectivity index (χ4n) is 11.6. The topological polar surface area (TPSA) is 307 Å². The standard InChI is InChI=1S/2C25H27FN4O5.2C8H9Cl2NO.2ClH/c2*1-14-23(32)19(13-31)15(10-27-14)11-28-4-6-29(7-5-28)22-9-21-17(8-20(22)26)24(33)18(25(34)35)12-30(21)16-2-3-16;2*1-5-8(12)7(3-10)6(2-9)4-11-5;;/h2*8-10,12,16,31-32H,2-7,11,13H2,1H3,(H,34,35);2*4,12H,2-3H2,1H3;2*1H. The Morgan fingerprint density at radius 3 is 1.16 bits per heavy atom. The van der Waals surface area contributed by atoms with Crippen LogP contribution in [0.25, 0.3) is 21.8 Å². The predicted molar refractivity (Wildman–Crippen MR) is 352 cm³/mol. The molecular formula is C66H74Cl6F2N10O12. The lowest BCUT2D eigenvalue weighted by Gasteiger charge is -2.36. The average Bonchev–Trinajstić information content (AvgIpc) is 1.32. The number of H-pyrrole nitrogens is 2. The summed E-state index contributed by atoms with van der Waals surface area (Å²) in [4.78, 5) is 70.8. The average molecular weight is 1450 g/mol. The monoisotopic (exact) mass is 1450 g/mol. The van der Waals surface area contributed by atoms with Crippen molar-refractivity contribution in [3.8, 4) is 23.0 Å². The Morgan fingerprint density at radius 2 is 0.865 bits per heavy atom. The van der Waals surface area contributed by atoms with Gasteiger partial charge in [0.25, 0.3) is 0 Å². The van der Waals surface area contributed by atoms with Gasteiger partial charge in [0, 0.05) is 160 Å². The molecule has 0 unspecified atom stereocenters. The normalized spacial score (nSPS) is 14.8. The number of hydrogen-bond donors (Lipinski definition) is 8. The lowest BCUT2D eigenvalue weighted by Crippen LogP contribution is -3.00. The Bertz CT molecular complexity index is 4030. The van der Waals surface area contributed by atoms with Gasteiger partial charge in [-0.1, -0.05) is 0 Å². The van der Waals surface area contributed by atoms with Gasteiger partial charge in [-0.05, 0) is 74.9 Å². The van der Waals surface area contributed by atoms with Gasteiger partial charge in [0.2, 0.25) is 22.2 Å². The van der Waals surface area contributed by atoms with Crippen LogP contribution >= 0.6 is 46.4 Å². The van der Waals surface area contributed by atoms with Crippen molar-refractivity contribution in [3.05, 3.63) is 172 Å². The molecule has 22 nitrogen and oxygen atoms in total. The molecular weight excluding hydrogens is 1380 g/mol. The number of hydrogen-bond acceptors (Lipinski definition) is 16. The number of anilines is 2. The van der Waals surface area contributed by atoms with Crippen molar-refractivity contribution in [3.63, 3.8) is 0 Å². The van der Waals surface area contributed by atoms with Gasteiger partial charge in [-0.15, -0.1) is 46.4 Å². The molecule has 2 saturated carbocycles. The van der Waals surface area contributed by atoms with Crippen molar-refractivity contribution in [1.29, 1.82) is 0 Å². The molecule has 2 saturated heterocycles. The molecule has 4 aliphatic rings. The van der Waals surface area contributed by atoms with Gasteiger partial charge < -0.3 is 84.6 Å². The third-order valence-corrected chi connectivity index (χ3v) is 18.6. The molecule has 12 rings (SSSR count). The van der Waals surface area contributed by atoms with Crippen LogP contribution < -0.4 is 55.4 Å². The number of rotatable bonds is 16. The molecule has 96 heavy (non-hydrogen) atoms. The van der Waals surface area contributed by atoms with Crippen molar-refractivity contribution in [2.45, 2.75) is 115 Å². The van der Waals surface area contributed by atoms with Gasteiger partial charge in [-0.25, -0.2) is 28.3 Å². The smallest absolute Gasteiger partial charge is 0.341 e. The minimum Gasteiger partial charge on any atom is -1.00 e. The first-order valence-electron chi connectivity index (χ1n) is 30.4. The van der Waals surface area contributed by atoms with E-state index < -0.39 is 34.4 Å². The van der Waals surface area contributed by atoms with Crippen molar-refractivity contribution < 1.29 is 94.0 Å². The number of halogens is 8. The second-order valence-corrected chi connectivity index (χ2v) is 24.6. The third kappa shape index (κ3) is 16.8. The van der Waals surface area contributed by atoms with Gasteiger partial charge >= 0.3 is 11.9 Å². The quantitative estimate of drug-likeness (QED) is 0.0645. The zero-order valence-electron chi connectivity index (χ0n) is 52.9. The molecule has 8 heterocycles. The molecule has 516 valence electrons. The summed E-state index contributed by atoms with van der Waals surface area (Å²) in [6, 6.07) is 5.89. The minimum absolute atomic E-state index is 0. The highest BCUT2D eigenvalue weighted by atomic mass is 35.5. The number of nitrogens with one attached hydrogen (secondary N) is 2. The van der Waals surface area contributed by atoms with Crippen LogP contribution in [0.2, 0.25) is 0 Å². The van der Waals surface area contributed by atoms with E-state index in [9.17, 15) is 60.0 Å². The summed E-state index contributed by atoms with van der Waals surface area (Å²) in [5.74, 6) is -2.02. The number of aromatic nitrogens is 6. The zero-order valence-corrected chi connectivity index (χ0v) is 57.4. The number of benzene rings is 2. The number of aromatic carboxylic acids is 2. The van der Waals surface area contributed by atoms with Crippen LogP contribution in [-0.2, 0) is 49.8 Å². The molecule has 0 amide bonds. The molecule has 10 N–H and O–H groups in total. The molecule has 2 aliphatic carbocycles. The third-order valence-electron chi connectivity index (χ3n) is 17.5. The Hall–Kier alpha value is -7.36. The predicted octanol–water partition coefficient (Wildman–Crippen LogP) is 2.79. The van der Waals surface area contributed by atoms with Crippen LogP contribution in [0.3, 0.4) is 0 Å². The van der Waals surface area contributed by atoms with Crippen LogP contribution in [0, 0.1) is 39.3 Å². The summed E-state index contributed by atoms with van der Waals surface area (Å²) in [5.41, 5.74) is 7.76. The van der Waals surface area contributed by atoms with Crippen molar-refractivity contribution in [2.75, 3.05) is 62.2 Å². The highest BCUT2D eigenvalue weighted by Gasteiger charge is 2.32. The van der Waals surface area contributed by atoms with Crippen molar-refractivity contribution in [2.24, 2.45) is 0 Å². The second kappa shape index (κ2) is 33.3. The first-order valence-corrected chi connectivity index (χ1v) is 32.5. The van der Waals surface area contributed by atoms with Crippen LogP contribution in [0.4, 0.5) is 20.2 Å². The van der Waals surface area contributed by atoms with Crippen LogP contribution in [0.1, 0.15) is 126 Å². The largest absolute Gasteiger partial charge is 1.00 e. The van der Waals surface area contributed by atoms with E-state index in [4.69, 9.17) is 46.4 Å². The first kappa shape index (κ1) is 76.0. The summed E-state index contributed by atoms with van der Waals surface area (Å²) in [6.45, 7) is 12.1. The first-order chi connectivity index (χ1) is 45.0. The number of carboxylic acid groups (broad SMARTS) is 2. The maximum absolute atomic E-state index is 15.2. The van der Waals surface area contributed by atoms with E-state index in [1.165, 1.54) is 24.5 Å². The highest BCUT2D eigenvalue weighted by Crippen LogP contribution is 2.40. The van der Waals surface area contributed by atoms with Crippen LogP contribution in [0.15, 0.2) is 71.0 Å². The number of carboxylic acids is 2. The van der Waals surface area contributed by atoms with E-state index in [0.717, 1.165) is 47.9 Å². The van der Waals surface area contributed by atoms with Crippen LogP contribution in [-0.4, -0.2) is 134 Å². The van der Waals surface area contributed by atoms with Crippen molar-refractivity contribution in [1.82, 2.24) is 28.9 Å². The number of aliphatic hydroxyl groups excluding tert-OH is 2. The van der Waals surface area contributed by atoms with E-state index in [1.54, 1.807) is 73.7 Å². The van der Waals surface area contributed by atoms with E-state index >= 15 is 8.78 Å². The maximum Gasteiger partial charge on any atom is 0.341 e. The molecule has 0 radical (unpaired) electrons. The Morgan fingerprint density at radius 1 is 0.521 bits per heavy atom. The van der Waals surface area contributed by atoms with Gasteiger partial charge in [-0.3, -0.25) is 29.4 Å². The molecule has 8 aromatic rings. The lowest BCUT2D eigenvalue weighted by molar-refractivity contribution is -0.389. The second-order valence-electron chi connectivity index (χ2n) is 23.6. The molecule has 2 aromatic carbocycles. The highest BCUT2D eigenvalue weighted by molar-refractivity contribution is 6.19. The molecule has 2 aliphatic heterocycles. The number of carbonyl (C=O) groups is 2. The van der Waals surface area contributed by atoms with E-state index in [-0.39, 0.29) is 107 Å². The van der Waals surface area contributed by atoms with E-state index in [2.05, 4.69) is 29.7 Å². The van der Waals surface area contributed by atoms with Crippen molar-refractivity contribution >= 4 is 91.5 Å². The maximum atomic E-state index is 15.2. The molecule has 4 fully saturated rings. The summed E-state index contributed by atoms with van der Waals surface area (Å²) < 4.78 is 33.9. The SMILES string of the molecule is Cc1[nH+]cc(CCl)c(CCl)c1O.Cc1[nH+]cc(CCl)c(CCl)c1O.Cc1ncc(CN2CCN(c3cc4c(cc3F)c(=O)c(C(=O)O)cn4C3CC3)CC2)c(CO)c1O.Cc1ncc(CN2CCN(c3cc4c(cc3F)c(=O)c(C(=O)O)cn4C3CC3)CC2)c(CO)c1O.[Cl-].[Cl-]. The number of aliphatic hydroxyl groups is 2. The van der Waals surface area contributed by atoms with Gasteiger partial charge in [0.1, 0.15) is 34.3 Å². The molecule has 6 aromatic heterocycles. The number of alkyl halides is 4. The number of nitrogens with zero attached hydrogens (tertiary/aromatic N) is 8. The number of aromatic hydroxyl groups is 4. The number of fused-ring (bicyclic) bond motifs is 2. The van der Waals surface area contributed by atoms with Gasteiger partial charge in [0.15, 0.2) is 23.9 Å². The fourth-order valence-corrected chi connectivity index (χ4v) is 12.7. The summed E-state index contributed by atoms with van der Waals surface area (Å²) in [5, 5.41) is 77.8. The summed E-state index contributed by atoms with van der Waals surface area (Å²) in [6.07, 6.45) is 13.2. The van der Waals surface area contributed by atoms with Gasteiger partial charge in [0.05, 0.1) is 70.5 Å². The van der Waals surface area contributed by atoms with E-state index in [0.29, 0.717) is 145 Å². The minimum atomic E-state index is -1.31. The summed E-state index contributed by atoms with van der Waals surface area (Å²) in [7, 11) is 0. The Labute approximate surface area is 583 Å². The number of aryl methyl sites for hydroxylation is 4. The fraction of sp³-hybridized carbons (Fsp3) is 0.394. The van der Waals surface area contributed by atoms with Crippen LogP contribution in [0.5, 0.6) is 23.0 Å². The molecule has 0 spiro atoms. The number of piperazine rings is 2. The molecule has 30 heteroatoms. The Balaban J connectivity index is 0.000000199. The Kier molecular flexibility index (Phi) is 26.3. The zero-order chi connectivity index (χ0) is 68.0. The van der Waals surface area contributed by atoms with Gasteiger partial charge in [-0.2, -0.15) is 0 Å². The lowest BCUT2D eigenvalue weighted by atomic mass is 10.1.